The number of thiazole rings is 1. The molecule has 2 N–H and O–H groups in total. The molecule has 0 saturated heterocycles. The van der Waals surface area contributed by atoms with Gasteiger partial charge in [0.25, 0.3) is 5.91 Å². The van der Waals surface area contributed by atoms with Crippen LogP contribution < -0.4 is 10.6 Å². The zero-order valence-electron chi connectivity index (χ0n) is 16.0. The second-order valence-corrected chi connectivity index (χ2v) is 8.16. The van der Waals surface area contributed by atoms with Gasteiger partial charge in [0.2, 0.25) is 11.8 Å². The van der Waals surface area contributed by atoms with E-state index in [2.05, 4.69) is 25.8 Å². The summed E-state index contributed by atoms with van der Waals surface area (Å²) in [6.07, 6.45) is 3.68. The lowest BCUT2D eigenvalue weighted by Crippen LogP contribution is -2.33. The van der Waals surface area contributed by atoms with Crippen molar-refractivity contribution >= 4 is 28.3 Å². The van der Waals surface area contributed by atoms with Crippen LogP contribution in [-0.4, -0.2) is 26.9 Å². The number of anilines is 1. The molecule has 1 fully saturated rings. The molecule has 0 aliphatic heterocycles. The molecule has 0 aromatic carbocycles. The Morgan fingerprint density at radius 3 is 2.83 bits per heavy atom. The smallest absolute Gasteiger partial charge is 0.293 e. The van der Waals surface area contributed by atoms with Gasteiger partial charge in [0, 0.05) is 11.3 Å². The summed E-state index contributed by atoms with van der Waals surface area (Å²) < 4.78 is 10.4. The summed E-state index contributed by atoms with van der Waals surface area (Å²) in [6, 6.07) is 2.84. The molecule has 3 heterocycles. The Morgan fingerprint density at radius 1 is 1.31 bits per heavy atom. The largest absolute Gasteiger partial charge is 0.459 e. The van der Waals surface area contributed by atoms with Gasteiger partial charge in [-0.25, -0.2) is 4.98 Å². The predicted molar refractivity (Wildman–Crippen MR) is 104 cm³/mol. The number of hydrogen-bond donors (Lipinski definition) is 2. The second-order valence-electron chi connectivity index (χ2n) is 7.31. The number of carbonyl (C=O) groups excluding carboxylic acids is 2. The normalized spacial score (nSPS) is 14.7. The average Bonchev–Trinajstić information content (AvgIpc) is 3.09. The van der Waals surface area contributed by atoms with E-state index in [0.29, 0.717) is 22.6 Å². The van der Waals surface area contributed by atoms with Crippen molar-refractivity contribution in [3.8, 4) is 0 Å². The van der Waals surface area contributed by atoms with Gasteiger partial charge in [-0.2, -0.15) is 4.98 Å². The minimum atomic E-state index is -0.386. The number of rotatable bonds is 8. The third-order valence-electron chi connectivity index (χ3n) is 4.51. The number of aromatic nitrogens is 3. The highest BCUT2D eigenvalue weighted by Gasteiger charge is 2.31. The number of carbonyl (C=O) groups is 2. The SMILES string of the molecule is CC(C)C(NC(=O)Cc1csc(NC(=O)c2ccco2)n1)c1nc(C2CC2)no1. The molecule has 1 aliphatic rings. The van der Waals surface area contributed by atoms with E-state index in [9.17, 15) is 9.59 Å². The number of amides is 2. The Kier molecular flexibility index (Phi) is 5.43. The zero-order valence-corrected chi connectivity index (χ0v) is 16.9. The summed E-state index contributed by atoms with van der Waals surface area (Å²) >= 11 is 1.25. The van der Waals surface area contributed by atoms with Gasteiger partial charge in [0.05, 0.1) is 18.4 Å². The molecule has 0 bridgehead atoms. The van der Waals surface area contributed by atoms with Crippen molar-refractivity contribution in [2.75, 3.05) is 5.32 Å². The molecule has 3 aromatic rings. The molecule has 9 nitrogen and oxygen atoms in total. The van der Waals surface area contributed by atoms with E-state index in [1.54, 1.807) is 17.5 Å². The first-order chi connectivity index (χ1) is 14.0. The van der Waals surface area contributed by atoms with E-state index in [0.717, 1.165) is 18.7 Å². The molecule has 29 heavy (non-hydrogen) atoms. The number of furan rings is 1. The Bertz CT molecular complexity index is 990. The lowest BCUT2D eigenvalue weighted by molar-refractivity contribution is -0.121. The lowest BCUT2D eigenvalue weighted by atomic mass is 10.0. The summed E-state index contributed by atoms with van der Waals surface area (Å²) in [6.45, 7) is 3.97. The Labute approximate surface area is 170 Å². The highest BCUT2D eigenvalue weighted by atomic mass is 32.1. The van der Waals surface area contributed by atoms with Crippen LogP contribution in [0.4, 0.5) is 5.13 Å². The molecule has 152 valence electrons. The molecular formula is C19H21N5O4S. The Morgan fingerprint density at radius 2 is 2.14 bits per heavy atom. The molecule has 1 unspecified atom stereocenters. The maximum Gasteiger partial charge on any atom is 0.293 e. The fraction of sp³-hybridized carbons (Fsp3) is 0.421. The van der Waals surface area contributed by atoms with Crippen LogP contribution in [0.15, 0.2) is 32.7 Å². The number of nitrogens with one attached hydrogen (secondary N) is 2. The van der Waals surface area contributed by atoms with Crippen molar-refractivity contribution in [1.82, 2.24) is 20.4 Å². The Balaban J connectivity index is 1.35. The van der Waals surface area contributed by atoms with E-state index < -0.39 is 0 Å². The summed E-state index contributed by atoms with van der Waals surface area (Å²) in [5.74, 6) is 1.23. The van der Waals surface area contributed by atoms with E-state index >= 15 is 0 Å². The molecule has 2 amide bonds. The van der Waals surface area contributed by atoms with Crippen LogP contribution in [0.25, 0.3) is 0 Å². The first-order valence-corrected chi connectivity index (χ1v) is 10.3. The number of nitrogens with zero attached hydrogens (tertiary/aromatic N) is 3. The molecule has 3 aromatic heterocycles. The first kappa shape index (κ1) is 19.3. The second kappa shape index (κ2) is 8.16. The van der Waals surface area contributed by atoms with Gasteiger partial charge in [-0.05, 0) is 30.9 Å². The van der Waals surface area contributed by atoms with Crippen molar-refractivity contribution < 1.29 is 18.5 Å². The minimum Gasteiger partial charge on any atom is -0.459 e. The molecule has 0 radical (unpaired) electrons. The molecular weight excluding hydrogens is 394 g/mol. The molecule has 0 spiro atoms. The number of hydrogen-bond acceptors (Lipinski definition) is 8. The molecule has 1 atom stereocenters. The highest BCUT2D eigenvalue weighted by Crippen LogP contribution is 2.38. The van der Waals surface area contributed by atoms with Gasteiger partial charge in [0.1, 0.15) is 6.04 Å². The van der Waals surface area contributed by atoms with Gasteiger partial charge < -0.3 is 14.3 Å². The van der Waals surface area contributed by atoms with Crippen LogP contribution in [-0.2, 0) is 11.2 Å². The van der Waals surface area contributed by atoms with Gasteiger partial charge in [-0.3, -0.25) is 14.9 Å². The Hall–Kier alpha value is -3.01. The highest BCUT2D eigenvalue weighted by molar-refractivity contribution is 7.14. The van der Waals surface area contributed by atoms with Gasteiger partial charge in [-0.1, -0.05) is 19.0 Å². The van der Waals surface area contributed by atoms with Gasteiger partial charge >= 0.3 is 0 Å². The third-order valence-corrected chi connectivity index (χ3v) is 5.31. The van der Waals surface area contributed by atoms with Gasteiger partial charge in [-0.15, -0.1) is 11.3 Å². The monoisotopic (exact) mass is 415 g/mol. The van der Waals surface area contributed by atoms with Crippen molar-refractivity contribution in [2.24, 2.45) is 5.92 Å². The van der Waals surface area contributed by atoms with Crippen LogP contribution in [0, 0.1) is 5.92 Å². The fourth-order valence-corrected chi connectivity index (χ4v) is 3.50. The summed E-state index contributed by atoms with van der Waals surface area (Å²) in [5.41, 5.74) is 0.564. The van der Waals surface area contributed by atoms with Crippen molar-refractivity contribution in [3.05, 3.63) is 46.9 Å². The standard InChI is InChI=1S/C19H21N5O4S/c1-10(2)15(18-22-16(24-28-18)11-5-6-11)21-14(25)8-12-9-29-19(20-12)23-17(26)13-4-3-7-27-13/h3-4,7,9-11,15H,5-6,8H2,1-2H3,(H,21,25)(H,20,23,26). The van der Waals surface area contributed by atoms with Gasteiger partial charge in [0.15, 0.2) is 16.7 Å². The van der Waals surface area contributed by atoms with E-state index in [-0.39, 0.29) is 36.0 Å². The summed E-state index contributed by atoms with van der Waals surface area (Å²) in [7, 11) is 0. The average molecular weight is 415 g/mol. The zero-order chi connectivity index (χ0) is 20.4. The third kappa shape index (κ3) is 4.70. The van der Waals surface area contributed by atoms with Crippen molar-refractivity contribution in [1.29, 1.82) is 0 Å². The van der Waals surface area contributed by atoms with Crippen molar-refractivity contribution in [3.63, 3.8) is 0 Å². The summed E-state index contributed by atoms with van der Waals surface area (Å²) in [5, 5.41) is 11.8. The van der Waals surface area contributed by atoms with Crippen LogP contribution in [0.5, 0.6) is 0 Å². The molecule has 1 saturated carbocycles. The van der Waals surface area contributed by atoms with Crippen LogP contribution in [0.3, 0.4) is 0 Å². The minimum absolute atomic E-state index is 0.0833. The van der Waals surface area contributed by atoms with Crippen LogP contribution in [0.2, 0.25) is 0 Å². The summed E-state index contributed by atoms with van der Waals surface area (Å²) in [4.78, 5) is 33.3. The lowest BCUT2D eigenvalue weighted by Gasteiger charge is -2.18. The van der Waals surface area contributed by atoms with E-state index in [1.165, 1.54) is 17.6 Å². The maximum absolute atomic E-state index is 12.5. The first-order valence-electron chi connectivity index (χ1n) is 9.41. The molecule has 1 aliphatic carbocycles. The van der Waals surface area contributed by atoms with Crippen LogP contribution in [0.1, 0.15) is 66.6 Å². The van der Waals surface area contributed by atoms with Crippen LogP contribution >= 0.6 is 11.3 Å². The van der Waals surface area contributed by atoms with Crippen molar-refractivity contribution in [2.45, 2.75) is 45.1 Å². The van der Waals surface area contributed by atoms with E-state index in [1.807, 2.05) is 13.8 Å². The maximum atomic E-state index is 12.5. The molecule has 10 heteroatoms. The quantitative estimate of drug-likeness (QED) is 0.578. The predicted octanol–water partition coefficient (Wildman–Crippen LogP) is 3.30. The topological polar surface area (TPSA) is 123 Å². The van der Waals surface area contributed by atoms with E-state index in [4.69, 9.17) is 8.94 Å². The molecule has 4 rings (SSSR count). The fourth-order valence-electron chi connectivity index (χ4n) is 2.80.